The highest BCUT2D eigenvalue weighted by molar-refractivity contribution is 6.30. The third-order valence-corrected chi connectivity index (χ3v) is 6.61. The first-order valence-corrected chi connectivity index (χ1v) is 11.3. The van der Waals surface area contributed by atoms with Crippen molar-refractivity contribution < 1.29 is 32.2 Å². The van der Waals surface area contributed by atoms with Crippen molar-refractivity contribution >= 4 is 34.5 Å². The van der Waals surface area contributed by atoms with E-state index >= 15 is 0 Å². The molecular weight excluding hydrogens is 489 g/mol. The number of nitrogens with one attached hydrogen (secondary N) is 1. The number of nitrogens with zero attached hydrogens (tertiary/aromatic N) is 3. The Morgan fingerprint density at radius 3 is 2.60 bits per heavy atom. The van der Waals surface area contributed by atoms with E-state index < -0.39 is 18.2 Å². The molecule has 3 aromatic rings. The van der Waals surface area contributed by atoms with Gasteiger partial charge in [0.1, 0.15) is 23.4 Å². The van der Waals surface area contributed by atoms with E-state index in [0.29, 0.717) is 36.1 Å². The maximum absolute atomic E-state index is 12.6. The number of ether oxygens (including phenoxy) is 2. The van der Waals surface area contributed by atoms with Crippen molar-refractivity contribution in [3.05, 3.63) is 52.5 Å². The Balaban J connectivity index is 1.07. The molecule has 0 atom stereocenters. The highest BCUT2D eigenvalue weighted by Crippen LogP contribution is 2.53. The first kappa shape index (κ1) is 23.4. The summed E-state index contributed by atoms with van der Waals surface area (Å²) < 4.78 is 46.4. The molecule has 0 unspecified atom stereocenters. The summed E-state index contributed by atoms with van der Waals surface area (Å²) in [6.45, 7) is 0.822. The Bertz CT molecular complexity index is 1280. The van der Waals surface area contributed by atoms with Gasteiger partial charge in [-0.3, -0.25) is 4.79 Å². The number of likely N-dealkylation sites (tertiary alicyclic amines) is 1. The fraction of sp³-hybridized carbons (Fsp3) is 0.391. The van der Waals surface area contributed by atoms with E-state index in [0.717, 1.165) is 25.0 Å². The van der Waals surface area contributed by atoms with Gasteiger partial charge in [-0.25, -0.2) is 4.79 Å². The predicted molar refractivity (Wildman–Crippen MR) is 118 cm³/mol. The van der Waals surface area contributed by atoms with Gasteiger partial charge in [0.2, 0.25) is 0 Å². The lowest BCUT2D eigenvalue weighted by Crippen LogP contribution is -2.63. The Kier molecular flexibility index (Phi) is 5.82. The number of fused-ring (bicyclic) bond motifs is 1. The van der Waals surface area contributed by atoms with Gasteiger partial charge >= 0.3 is 12.5 Å². The number of alkyl halides is 3. The van der Waals surface area contributed by atoms with Crippen LogP contribution in [0.25, 0.3) is 11.0 Å². The molecule has 184 valence electrons. The van der Waals surface area contributed by atoms with E-state index in [2.05, 4.69) is 20.1 Å². The topological polar surface area (TPSA) is 97.4 Å². The number of ketones is 1. The van der Waals surface area contributed by atoms with Gasteiger partial charge in [-0.15, -0.1) is 13.2 Å². The second-order valence-corrected chi connectivity index (χ2v) is 9.62. The summed E-state index contributed by atoms with van der Waals surface area (Å²) >= 11 is 5.84. The van der Waals surface area contributed by atoms with Gasteiger partial charge in [0.05, 0.1) is 0 Å². The van der Waals surface area contributed by atoms with Gasteiger partial charge in [0.15, 0.2) is 5.78 Å². The second kappa shape index (κ2) is 8.71. The molecule has 1 saturated carbocycles. The molecule has 1 amide bonds. The summed E-state index contributed by atoms with van der Waals surface area (Å²) in [5, 5.41) is 10.6. The van der Waals surface area contributed by atoms with Crippen LogP contribution in [0.4, 0.5) is 18.0 Å². The van der Waals surface area contributed by atoms with Gasteiger partial charge in [-0.05, 0) is 60.7 Å². The van der Waals surface area contributed by atoms with Crippen LogP contribution in [-0.2, 0) is 11.3 Å². The average molecular weight is 509 g/mol. The molecule has 1 saturated heterocycles. The minimum Gasteiger partial charge on any atom is -0.445 e. The molecule has 1 aromatic heterocycles. The summed E-state index contributed by atoms with van der Waals surface area (Å²) in [5.41, 5.74) is 2.25. The maximum atomic E-state index is 12.6. The van der Waals surface area contributed by atoms with Crippen LogP contribution in [0.2, 0.25) is 5.02 Å². The number of carbonyl (C=O) groups is 2. The number of carbonyl (C=O) groups excluding carboxylic acids is 2. The number of benzene rings is 2. The zero-order chi connectivity index (χ0) is 24.8. The standard InChI is InChI=1S/C23H20ClF3N4O4/c24-16-3-13(4-17(7-16)35-23(25,26)27)10-34-21(33)31-11-22(12-31)8-14(9-22)5-20(32)15-1-2-18-19(6-15)29-30-28-18/h1-4,6-7,14H,5,8-12H2,(H,28,29,30). The molecule has 0 bridgehead atoms. The number of Topliss-reactive ketones (excluding diaryl/α,β-unsaturated/α-hetero) is 1. The maximum Gasteiger partial charge on any atom is 0.573 e. The van der Waals surface area contributed by atoms with E-state index in [-0.39, 0.29) is 34.3 Å². The van der Waals surface area contributed by atoms with Crippen LogP contribution in [0.1, 0.15) is 35.2 Å². The Morgan fingerprint density at radius 2 is 1.86 bits per heavy atom. The third-order valence-electron chi connectivity index (χ3n) is 6.39. The van der Waals surface area contributed by atoms with Gasteiger partial charge in [-0.2, -0.15) is 15.4 Å². The summed E-state index contributed by atoms with van der Waals surface area (Å²) in [4.78, 5) is 26.5. The van der Waals surface area contributed by atoms with E-state index in [9.17, 15) is 22.8 Å². The summed E-state index contributed by atoms with van der Waals surface area (Å²) in [6, 6.07) is 8.80. The van der Waals surface area contributed by atoms with Crippen LogP contribution in [0.5, 0.6) is 5.75 Å². The molecular formula is C23H20ClF3N4O4. The zero-order valence-electron chi connectivity index (χ0n) is 18.3. The third kappa shape index (κ3) is 5.19. The first-order chi connectivity index (χ1) is 16.6. The molecule has 12 heteroatoms. The predicted octanol–water partition coefficient (Wildman–Crippen LogP) is 5.13. The number of amides is 1. The lowest BCUT2D eigenvalue weighted by molar-refractivity contribution is -0.274. The number of aromatic amines is 1. The fourth-order valence-electron chi connectivity index (χ4n) is 4.99. The molecule has 1 aliphatic heterocycles. The quantitative estimate of drug-likeness (QED) is 0.463. The van der Waals surface area contributed by atoms with Gasteiger partial charge in [0, 0.05) is 35.5 Å². The average Bonchev–Trinajstić information content (AvgIpc) is 3.18. The van der Waals surface area contributed by atoms with Crippen molar-refractivity contribution in [2.45, 2.75) is 32.2 Å². The van der Waals surface area contributed by atoms with Crippen LogP contribution < -0.4 is 4.74 Å². The normalized spacial score (nSPS) is 17.2. The number of hydrogen-bond acceptors (Lipinski definition) is 6. The Morgan fingerprint density at radius 1 is 1.11 bits per heavy atom. The molecule has 1 spiro atoms. The molecule has 2 heterocycles. The van der Waals surface area contributed by atoms with Crippen LogP contribution in [0.15, 0.2) is 36.4 Å². The Hall–Kier alpha value is -3.34. The number of rotatable bonds is 6. The van der Waals surface area contributed by atoms with Crippen LogP contribution in [-0.4, -0.2) is 51.6 Å². The molecule has 1 aliphatic carbocycles. The minimum atomic E-state index is -4.85. The first-order valence-electron chi connectivity index (χ1n) is 10.9. The van der Waals surface area contributed by atoms with Gasteiger partial charge < -0.3 is 14.4 Å². The molecule has 2 aliphatic rings. The fourth-order valence-corrected chi connectivity index (χ4v) is 5.23. The van der Waals surface area contributed by atoms with Crippen molar-refractivity contribution in [3.8, 4) is 5.75 Å². The van der Waals surface area contributed by atoms with Gasteiger partial charge in [0.25, 0.3) is 0 Å². The van der Waals surface area contributed by atoms with E-state index in [1.54, 1.807) is 23.1 Å². The highest BCUT2D eigenvalue weighted by Gasteiger charge is 2.54. The molecule has 2 fully saturated rings. The van der Waals surface area contributed by atoms with Crippen LogP contribution >= 0.6 is 11.6 Å². The van der Waals surface area contributed by atoms with Crippen molar-refractivity contribution in [1.29, 1.82) is 0 Å². The molecule has 0 radical (unpaired) electrons. The molecule has 5 rings (SSSR count). The molecule has 8 nitrogen and oxygen atoms in total. The lowest BCUT2D eigenvalue weighted by atomic mass is 9.56. The summed E-state index contributed by atoms with van der Waals surface area (Å²) in [6.07, 6.45) is -3.26. The SMILES string of the molecule is O=C(CC1CC2(C1)CN(C(=O)OCc1cc(Cl)cc(OC(F)(F)F)c1)C2)c1ccc2n[nH]nc2c1. The minimum absolute atomic E-state index is 0.00378. The molecule has 2 aromatic carbocycles. The summed E-state index contributed by atoms with van der Waals surface area (Å²) in [7, 11) is 0. The zero-order valence-corrected chi connectivity index (χ0v) is 19.0. The van der Waals surface area contributed by atoms with E-state index in [4.69, 9.17) is 16.3 Å². The summed E-state index contributed by atoms with van der Waals surface area (Å²) in [5.74, 6) is -0.164. The number of aromatic nitrogens is 3. The monoisotopic (exact) mass is 508 g/mol. The molecule has 1 N–H and O–H groups in total. The van der Waals surface area contributed by atoms with Crippen LogP contribution in [0, 0.1) is 11.3 Å². The number of halogens is 4. The lowest BCUT2D eigenvalue weighted by Gasteiger charge is -2.58. The smallest absolute Gasteiger partial charge is 0.445 e. The molecule has 35 heavy (non-hydrogen) atoms. The van der Waals surface area contributed by atoms with E-state index in [1.165, 1.54) is 6.07 Å². The van der Waals surface area contributed by atoms with Gasteiger partial charge in [-0.1, -0.05) is 11.6 Å². The van der Waals surface area contributed by atoms with Crippen molar-refractivity contribution in [2.24, 2.45) is 11.3 Å². The van der Waals surface area contributed by atoms with Crippen LogP contribution in [0.3, 0.4) is 0 Å². The number of hydrogen-bond donors (Lipinski definition) is 1. The van der Waals surface area contributed by atoms with Crippen molar-refractivity contribution in [3.63, 3.8) is 0 Å². The Labute approximate surface area is 202 Å². The number of H-pyrrole nitrogens is 1. The van der Waals surface area contributed by atoms with Crippen molar-refractivity contribution in [1.82, 2.24) is 20.3 Å². The van der Waals surface area contributed by atoms with E-state index in [1.807, 2.05) is 0 Å². The second-order valence-electron chi connectivity index (χ2n) is 9.18. The largest absolute Gasteiger partial charge is 0.573 e. The van der Waals surface area contributed by atoms with Crippen molar-refractivity contribution in [2.75, 3.05) is 13.1 Å². The highest BCUT2D eigenvalue weighted by atomic mass is 35.5.